The first-order chi connectivity index (χ1) is 7.32. The Morgan fingerprint density at radius 2 is 1.88 bits per heavy atom. The van der Waals surface area contributed by atoms with Crippen LogP contribution >= 0.6 is 0 Å². The number of hydrogen-bond acceptors (Lipinski definition) is 3. The first kappa shape index (κ1) is 14.9. The van der Waals surface area contributed by atoms with Gasteiger partial charge in [-0.25, -0.2) is 0 Å². The molecule has 4 N–H and O–H groups in total. The van der Waals surface area contributed by atoms with Gasteiger partial charge in [0.25, 0.3) is 0 Å². The van der Waals surface area contributed by atoms with Crippen molar-refractivity contribution in [1.82, 2.24) is 5.32 Å². The van der Waals surface area contributed by atoms with Crippen LogP contribution in [0.1, 0.15) is 33.6 Å². The van der Waals surface area contributed by atoms with E-state index >= 15 is 0 Å². The maximum absolute atomic E-state index is 11.2. The number of aliphatic carboxylic acids is 1. The summed E-state index contributed by atoms with van der Waals surface area (Å²) in [5, 5.41) is 11.4. The second-order valence-electron chi connectivity index (χ2n) is 4.63. The number of carboxylic acid groups (broad SMARTS) is 1. The summed E-state index contributed by atoms with van der Waals surface area (Å²) in [4.78, 5) is 21.9. The van der Waals surface area contributed by atoms with Crippen LogP contribution < -0.4 is 11.1 Å². The molecule has 0 saturated heterocycles. The van der Waals surface area contributed by atoms with Crippen molar-refractivity contribution in [2.24, 2.45) is 17.6 Å². The van der Waals surface area contributed by atoms with E-state index in [2.05, 4.69) is 5.32 Å². The molecule has 16 heavy (non-hydrogen) atoms. The van der Waals surface area contributed by atoms with Crippen LogP contribution in [0.2, 0.25) is 0 Å². The number of carbonyl (C=O) groups excluding carboxylic acids is 1. The molecule has 0 spiro atoms. The molecule has 0 aliphatic rings. The van der Waals surface area contributed by atoms with Gasteiger partial charge in [-0.05, 0) is 25.2 Å². The van der Waals surface area contributed by atoms with Gasteiger partial charge in [0.2, 0.25) is 5.91 Å². The molecule has 1 unspecified atom stereocenters. The smallest absolute Gasteiger partial charge is 0.303 e. The molecule has 2 atom stereocenters. The van der Waals surface area contributed by atoms with Crippen molar-refractivity contribution in [3.63, 3.8) is 0 Å². The highest BCUT2D eigenvalue weighted by molar-refractivity contribution is 5.81. The summed E-state index contributed by atoms with van der Waals surface area (Å²) in [6, 6.07) is -0.551. The minimum atomic E-state index is -0.833. The first-order valence-corrected chi connectivity index (χ1v) is 5.58. The van der Waals surface area contributed by atoms with E-state index in [1.54, 1.807) is 6.92 Å². The third-order valence-electron chi connectivity index (χ3n) is 2.25. The van der Waals surface area contributed by atoms with Crippen LogP contribution in [0.4, 0.5) is 0 Å². The van der Waals surface area contributed by atoms with Crippen molar-refractivity contribution < 1.29 is 14.7 Å². The summed E-state index contributed by atoms with van der Waals surface area (Å²) in [7, 11) is 0. The maximum Gasteiger partial charge on any atom is 0.303 e. The quantitative estimate of drug-likeness (QED) is 0.596. The van der Waals surface area contributed by atoms with Gasteiger partial charge in [0.15, 0.2) is 0 Å². The van der Waals surface area contributed by atoms with Crippen molar-refractivity contribution in [3.8, 4) is 0 Å². The lowest BCUT2D eigenvalue weighted by Crippen LogP contribution is -2.41. The van der Waals surface area contributed by atoms with Crippen LogP contribution in [0.15, 0.2) is 0 Å². The van der Waals surface area contributed by atoms with E-state index in [0.29, 0.717) is 12.5 Å². The van der Waals surface area contributed by atoms with E-state index < -0.39 is 12.0 Å². The van der Waals surface area contributed by atoms with Gasteiger partial charge in [-0.1, -0.05) is 13.8 Å². The van der Waals surface area contributed by atoms with Gasteiger partial charge >= 0.3 is 5.97 Å². The van der Waals surface area contributed by atoms with Crippen LogP contribution in [0.5, 0.6) is 0 Å². The minimum absolute atomic E-state index is 0.0276. The van der Waals surface area contributed by atoms with Gasteiger partial charge in [0, 0.05) is 13.0 Å². The van der Waals surface area contributed by atoms with Gasteiger partial charge in [-0.3, -0.25) is 9.59 Å². The summed E-state index contributed by atoms with van der Waals surface area (Å²) in [5.74, 6) is -0.684. The van der Waals surface area contributed by atoms with Crippen LogP contribution in [-0.2, 0) is 9.59 Å². The Hall–Kier alpha value is -1.10. The van der Waals surface area contributed by atoms with Gasteiger partial charge < -0.3 is 16.2 Å². The van der Waals surface area contributed by atoms with Gasteiger partial charge in [0.1, 0.15) is 0 Å². The number of carbonyl (C=O) groups is 2. The molecular weight excluding hydrogens is 208 g/mol. The summed E-state index contributed by atoms with van der Waals surface area (Å²) >= 11 is 0. The van der Waals surface area contributed by atoms with Crippen molar-refractivity contribution in [2.45, 2.75) is 39.7 Å². The Morgan fingerprint density at radius 1 is 1.31 bits per heavy atom. The van der Waals surface area contributed by atoms with E-state index in [1.807, 2.05) is 13.8 Å². The van der Waals surface area contributed by atoms with Crippen LogP contribution in [0.3, 0.4) is 0 Å². The molecule has 0 aliphatic heterocycles. The normalized spacial score (nSPS) is 14.6. The van der Waals surface area contributed by atoms with Gasteiger partial charge in [-0.2, -0.15) is 0 Å². The maximum atomic E-state index is 11.2. The summed E-state index contributed by atoms with van der Waals surface area (Å²) < 4.78 is 0. The fraction of sp³-hybridized carbons (Fsp3) is 0.818. The molecule has 0 aliphatic carbocycles. The summed E-state index contributed by atoms with van der Waals surface area (Å²) in [6.45, 7) is 6.04. The molecule has 0 saturated carbocycles. The Kier molecular flexibility index (Phi) is 6.72. The van der Waals surface area contributed by atoms with Crippen LogP contribution in [0.25, 0.3) is 0 Å². The lowest BCUT2D eigenvalue weighted by Gasteiger charge is -2.18. The van der Waals surface area contributed by atoms with Crippen LogP contribution in [-0.4, -0.2) is 29.6 Å². The molecule has 94 valence electrons. The zero-order valence-corrected chi connectivity index (χ0v) is 10.2. The largest absolute Gasteiger partial charge is 0.481 e. The predicted octanol–water partition coefficient (Wildman–Crippen LogP) is 0.587. The minimum Gasteiger partial charge on any atom is -0.481 e. The molecule has 0 aromatic carbocycles. The van der Waals surface area contributed by atoms with E-state index in [1.165, 1.54) is 0 Å². The molecule has 0 fully saturated rings. The lowest BCUT2D eigenvalue weighted by molar-refractivity contribution is -0.138. The molecule has 5 heteroatoms. The average molecular weight is 230 g/mol. The van der Waals surface area contributed by atoms with E-state index in [0.717, 1.165) is 6.42 Å². The number of hydrogen-bond donors (Lipinski definition) is 3. The third-order valence-corrected chi connectivity index (χ3v) is 2.25. The fourth-order valence-corrected chi connectivity index (χ4v) is 1.56. The molecule has 0 heterocycles. The summed E-state index contributed by atoms with van der Waals surface area (Å²) in [5.41, 5.74) is 5.40. The highest BCUT2D eigenvalue weighted by Crippen LogP contribution is 2.14. The zero-order valence-electron chi connectivity index (χ0n) is 10.2. The van der Waals surface area contributed by atoms with Crippen molar-refractivity contribution in [3.05, 3.63) is 0 Å². The lowest BCUT2D eigenvalue weighted by atomic mass is 9.94. The predicted molar refractivity (Wildman–Crippen MR) is 61.9 cm³/mol. The van der Waals surface area contributed by atoms with E-state index in [4.69, 9.17) is 10.8 Å². The molecule has 0 radical (unpaired) electrons. The molecular formula is C11H22N2O3. The van der Waals surface area contributed by atoms with Crippen LogP contribution in [0, 0.1) is 11.8 Å². The molecule has 0 aromatic heterocycles. The molecule has 0 rings (SSSR count). The number of nitrogens with two attached hydrogens (primary N) is 1. The Bertz CT molecular complexity index is 239. The van der Waals surface area contributed by atoms with Crippen molar-refractivity contribution in [1.29, 1.82) is 0 Å². The van der Waals surface area contributed by atoms with Crippen molar-refractivity contribution in [2.75, 3.05) is 6.54 Å². The number of carboxylic acids is 1. The second kappa shape index (κ2) is 7.22. The standard InChI is InChI=1S/C11H22N2O3/c1-7(2)4-9(5-10(14)15)6-13-11(16)8(3)12/h7-9H,4-6,12H2,1-3H3,(H,13,16)(H,14,15)/t8-,9?/m0/s1. The Morgan fingerprint density at radius 3 is 2.25 bits per heavy atom. The Balaban J connectivity index is 4.10. The SMILES string of the molecule is CC(C)CC(CNC(=O)[C@H](C)N)CC(=O)O. The van der Waals surface area contributed by atoms with Gasteiger partial charge in [-0.15, -0.1) is 0 Å². The monoisotopic (exact) mass is 230 g/mol. The average Bonchev–Trinajstić information content (AvgIpc) is 2.11. The highest BCUT2D eigenvalue weighted by atomic mass is 16.4. The third kappa shape index (κ3) is 7.23. The molecule has 0 bridgehead atoms. The number of amides is 1. The molecule has 0 aromatic rings. The van der Waals surface area contributed by atoms with E-state index in [-0.39, 0.29) is 18.2 Å². The Labute approximate surface area is 96.4 Å². The number of rotatable bonds is 7. The molecule has 5 nitrogen and oxygen atoms in total. The molecule has 1 amide bonds. The summed E-state index contributed by atoms with van der Waals surface area (Å²) in [6.07, 6.45) is 0.864. The van der Waals surface area contributed by atoms with Crippen molar-refractivity contribution >= 4 is 11.9 Å². The van der Waals surface area contributed by atoms with Gasteiger partial charge in [0.05, 0.1) is 6.04 Å². The fourth-order valence-electron chi connectivity index (χ4n) is 1.56. The number of nitrogens with one attached hydrogen (secondary N) is 1. The first-order valence-electron chi connectivity index (χ1n) is 5.58. The van der Waals surface area contributed by atoms with E-state index in [9.17, 15) is 9.59 Å². The topological polar surface area (TPSA) is 92.4 Å². The second-order valence-corrected chi connectivity index (χ2v) is 4.63. The highest BCUT2D eigenvalue weighted by Gasteiger charge is 2.16. The zero-order chi connectivity index (χ0) is 12.7.